The molecule has 0 saturated carbocycles. The molecule has 162 valence electrons. The van der Waals surface area contributed by atoms with Gasteiger partial charge in [0.05, 0.1) is 14.7 Å². The molecule has 7 nitrogen and oxygen atoms in total. The van der Waals surface area contributed by atoms with Crippen LogP contribution in [0.2, 0.25) is 0 Å². The van der Waals surface area contributed by atoms with Crippen LogP contribution in [0.4, 0.5) is 0 Å². The lowest BCUT2D eigenvalue weighted by Crippen LogP contribution is -2.43. The summed E-state index contributed by atoms with van der Waals surface area (Å²) in [4.78, 5) is 0.242. The van der Waals surface area contributed by atoms with Gasteiger partial charge in [0.2, 0.25) is 19.9 Å². The molecular weight excluding hydrogens is 424 g/mol. The predicted molar refractivity (Wildman–Crippen MR) is 112 cm³/mol. The number of aryl methyl sites for hydroxylation is 1. The number of rotatable bonds is 3. The van der Waals surface area contributed by atoms with Crippen LogP contribution in [0.25, 0.3) is 0 Å². The summed E-state index contributed by atoms with van der Waals surface area (Å²) in [5.41, 5.74) is 1.24. The first kappa shape index (κ1) is 21.5. The molecule has 2 aromatic carbocycles. The van der Waals surface area contributed by atoms with E-state index in [-0.39, 0.29) is 20.7 Å². The molecule has 2 aliphatic heterocycles. The standard InChI is InChI=1S/C21H26N2O5S2/c1-14-12-17-20(29(25,26)18-7-5-4-6-16(18)21(17,2)3)13-19(14)30(27,28)22-15-8-10-23(24)11-9-15/h4-7,12-13,15,22,24H,8-11H2,1-3H3. The number of hydroxylamine groups is 2. The summed E-state index contributed by atoms with van der Waals surface area (Å²) in [6.07, 6.45) is 0.969. The first-order valence-corrected chi connectivity index (χ1v) is 12.9. The normalized spacial score (nSPS) is 21.1. The van der Waals surface area contributed by atoms with Gasteiger partial charge >= 0.3 is 0 Å². The van der Waals surface area contributed by atoms with Gasteiger partial charge in [-0.25, -0.2) is 21.6 Å². The van der Waals surface area contributed by atoms with E-state index in [9.17, 15) is 22.0 Å². The average molecular weight is 451 g/mol. The second kappa shape index (κ2) is 7.13. The number of hydrogen-bond donors (Lipinski definition) is 2. The smallest absolute Gasteiger partial charge is 0.241 e. The zero-order valence-electron chi connectivity index (χ0n) is 17.2. The molecule has 0 amide bonds. The molecule has 0 aliphatic carbocycles. The van der Waals surface area contributed by atoms with E-state index < -0.39 is 25.3 Å². The second-order valence-electron chi connectivity index (χ2n) is 8.59. The van der Waals surface area contributed by atoms with E-state index in [0.717, 1.165) is 0 Å². The molecule has 1 saturated heterocycles. The largest absolute Gasteiger partial charge is 0.314 e. The topological polar surface area (TPSA) is 104 Å². The van der Waals surface area contributed by atoms with Crippen molar-refractivity contribution in [3.8, 4) is 0 Å². The number of nitrogens with zero attached hydrogens (tertiary/aromatic N) is 1. The molecule has 4 rings (SSSR count). The molecule has 0 aromatic heterocycles. The number of sulfonamides is 1. The molecule has 0 spiro atoms. The van der Waals surface area contributed by atoms with Crippen molar-refractivity contribution in [3.63, 3.8) is 0 Å². The van der Waals surface area contributed by atoms with Crippen LogP contribution < -0.4 is 4.72 Å². The third-order valence-electron chi connectivity index (χ3n) is 6.17. The molecule has 30 heavy (non-hydrogen) atoms. The Morgan fingerprint density at radius 3 is 2.37 bits per heavy atom. The Morgan fingerprint density at radius 1 is 1.07 bits per heavy atom. The van der Waals surface area contributed by atoms with Crippen molar-refractivity contribution in [2.45, 2.75) is 59.8 Å². The number of nitrogens with one attached hydrogen (secondary N) is 1. The van der Waals surface area contributed by atoms with Crippen molar-refractivity contribution < 1.29 is 22.0 Å². The number of sulfone groups is 1. The summed E-state index contributed by atoms with van der Waals surface area (Å²) in [6.45, 7) is 6.36. The lowest BCUT2D eigenvalue weighted by atomic mass is 9.77. The molecule has 2 heterocycles. The lowest BCUT2D eigenvalue weighted by Gasteiger charge is -2.35. The van der Waals surface area contributed by atoms with Crippen LogP contribution in [-0.4, -0.2) is 46.2 Å². The monoisotopic (exact) mass is 450 g/mol. The quantitative estimate of drug-likeness (QED) is 0.745. The highest BCUT2D eigenvalue weighted by Gasteiger charge is 2.41. The average Bonchev–Trinajstić information content (AvgIpc) is 2.68. The zero-order chi connectivity index (χ0) is 21.9. The van der Waals surface area contributed by atoms with E-state index in [0.29, 0.717) is 42.6 Å². The van der Waals surface area contributed by atoms with Crippen molar-refractivity contribution in [1.82, 2.24) is 9.79 Å². The van der Waals surface area contributed by atoms with Crippen LogP contribution >= 0.6 is 0 Å². The van der Waals surface area contributed by atoms with E-state index in [4.69, 9.17) is 0 Å². The van der Waals surface area contributed by atoms with Crippen LogP contribution in [0, 0.1) is 6.92 Å². The van der Waals surface area contributed by atoms with Crippen LogP contribution in [0.15, 0.2) is 51.1 Å². The summed E-state index contributed by atoms with van der Waals surface area (Å²) >= 11 is 0. The summed E-state index contributed by atoms with van der Waals surface area (Å²) in [5, 5.41) is 10.7. The summed E-state index contributed by atoms with van der Waals surface area (Å²) in [5.74, 6) is 0. The Morgan fingerprint density at radius 2 is 1.70 bits per heavy atom. The SMILES string of the molecule is Cc1cc2c(cc1S(=O)(=O)NC1CCN(O)CC1)S(=O)(=O)c1ccccc1C2(C)C. The van der Waals surface area contributed by atoms with Crippen LogP contribution in [0.5, 0.6) is 0 Å². The predicted octanol–water partition coefficient (Wildman–Crippen LogP) is 2.60. The van der Waals surface area contributed by atoms with Gasteiger partial charge in [-0.2, -0.15) is 5.06 Å². The Labute approximate surface area is 177 Å². The number of benzene rings is 2. The molecule has 2 aliphatic rings. The van der Waals surface area contributed by atoms with E-state index >= 15 is 0 Å². The van der Waals surface area contributed by atoms with Gasteiger partial charge in [0.15, 0.2) is 0 Å². The fraction of sp³-hybridized carbons (Fsp3) is 0.429. The Bertz CT molecular complexity index is 1210. The van der Waals surface area contributed by atoms with Gasteiger partial charge in [-0.3, -0.25) is 0 Å². The van der Waals surface area contributed by atoms with Gasteiger partial charge in [0.1, 0.15) is 0 Å². The summed E-state index contributed by atoms with van der Waals surface area (Å²) < 4.78 is 55.6. The number of fused-ring (bicyclic) bond motifs is 2. The highest BCUT2D eigenvalue weighted by molar-refractivity contribution is 7.92. The van der Waals surface area contributed by atoms with Gasteiger partial charge in [-0.1, -0.05) is 38.1 Å². The van der Waals surface area contributed by atoms with Crippen molar-refractivity contribution in [1.29, 1.82) is 0 Å². The maximum atomic E-state index is 13.4. The summed E-state index contributed by atoms with van der Waals surface area (Å²) in [6, 6.07) is 9.57. The maximum Gasteiger partial charge on any atom is 0.241 e. The minimum Gasteiger partial charge on any atom is -0.314 e. The molecule has 9 heteroatoms. The molecular formula is C21H26N2O5S2. The first-order valence-electron chi connectivity index (χ1n) is 9.90. The highest BCUT2D eigenvalue weighted by atomic mass is 32.2. The Hall–Kier alpha value is -1.78. The number of piperidine rings is 1. The highest BCUT2D eigenvalue weighted by Crippen LogP contribution is 2.46. The molecule has 2 aromatic rings. The van der Waals surface area contributed by atoms with E-state index in [1.165, 1.54) is 11.1 Å². The fourth-order valence-corrected chi connectivity index (χ4v) is 8.03. The Kier molecular flexibility index (Phi) is 5.10. The van der Waals surface area contributed by atoms with Crippen molar-refractivity contribution in [3.05, 3.63) is 53.1 Å². The zero-order valence-corrected chi connectivity index (χ0v) is 18.8. The molecule has 0 unspecified atom stereocenters. The van der Waals surface area contributed by atoms with E-state index in [1.807, 2.05) is 26.0 Å². The van der Waals surface area contributed by atoms with Gasteiger partial charge in [-0.15, -0.1) is 0 Å². The van der Waals surface area contributed by atoms with E-state index in [2.05, 4.69) is 4.72 Å². The third-order valence-corrected chi connectivity index (χ3v) is 9.69. The molecule has 0 bridgehead atoms. The first-order chi connectivity index (χ1) is 13.9. The Balaban J connectivity index is 1.82. The maximum absolute atomic E-state index is 13.4. The van der Waals surface area contributed by atoms with Gasteiger partial charge in [0, 0.05) is 24.5 Å². The lowest BCUT2D eigenvalue weighted by molar-refractivity contribution is -0.106. The molecule has 0 radical (unpaired) electrons. The van der Waals surface area contributed by atoms with Crippen LogP contribution in [0.1, 0.15) is 43.4 Å². The second-order valence-corrected chi connectivity index (χ2v) is 12.2. The van der Waals surface area contributed by atoms with Crippen molar-refractivity contribution >= 4 is 19.9 Å². The number of hydrogen-bond acceptors (Lipinski definition) is 6. The third kappa shape index (κ3) is 3.38. The van der Waals surface area contributed by atoms with Crippen LogP contribution in [0.3, 0.4) is 0 Å². The van der Waals surface area contributed by atoms with Gasteiger partial charge < -0.3 is 5.21 Å². The van der Waals surface area contributed by atoms with Crippen LogP contribution in [-0.2, 0) is 25.3 Å². The molecule has 2 N–H and O–H groups in total. The molecule has 1 fully saturated rings. The van der Waals surface area contributed by atoms with Gasteiger partial charge in [0.25, 0.3) is 0 Å². The fourth-order valence-electron chi connectivity index (χ4n) is 4.42. The summed E-state index contributed by atoms with van der Waals surface area (Å²) in [7, 11) is -7.77. The van der Waals surface area contributed by atoms with Crippen molar-refractivity contribution in [2.24, 2.45) is 0 Å². The molecule has 0 atom stereocenters. The minimum absolute atomic E-state index is 0.0218. The van der Waals surface area contributed by atoms with E-state index in [1.54, 1.807) is 25.1 Å². The van der Waals surface area contributed by atoms with Gasteiger partial charge in [-0.05, 0) is 48.6 Å². The minimum atomic E-state index is -3.92. The van der Waals surface area contributed by atoms with Crippen molar-refractivity contribution in [2.75, 3.05) is 13.1 Å².